The van der Waals surface area contributed by atoms with Crippen molar-refractivity contribution in [1.29, 1.82) is 0 Å². The fourth-order valence-electron chi connectivity index (χ4n) is 2.34. The van der Waals surface area contributed by atoms with E-state index >= 15 is 0 Å². The summed E-state index contributed by atoms with van der Waals surface area (Å²) in [7, 11) is 3.10. The number of nitrogens with one attached hydrogen (secondary N) is 1. The van der Waals surface area contributed by atoms with Gasteiger partial charge in [-0.3, -0.25) is 4.79 Å². The van der Waals surface area contributed by atoms with E-state index in [1.54, 1.807) is 37.4 Å². The van der Waals surface area contributed by atoms with Gasteiger partial charge in [-0.1, -0.05) is 28.4 Å². The Morgan fingerprint density at radius 3 is 2.67 bits per heavy atom. The van der Waals surface area contributed by atoms with Gasteiger partial charge in [0.15, 0.2) is 0 Å². The van der Waals surface area contributed by atoms with Crippen molar-refractivity contribution >= 4 is 29.1 Å². The van der Waals surface area contributed by atoms with Gasteiger partial charge in [0.25, 0.3) is 5.91 Å². The minimum atomic E-state index is -0.376. The van der Waals surface area contributed by atoms with Crippen molar-refractivity contribution in [3.63, 3.8) is 0 Å². The van der Waals surface area contributed by atoms with Crippen LogP contribution in [0.3, 0.4) is 0 Å². The minimum Gasteiger partial charge on any atom is -0.497 e. The molecule has 0 aliphatic heterocycles. The molecule has 140 valence electrons. The summed E-state index contributed by atoms with van der Waals surface area (Å²) in [6.45, 7) is 0.0449. The zero-order valence-electron chi connectivity index (χ0n) is 14.5. The van der Waals surface area contributed by atoms with Crippen molar-refractivity contribution in [2.24, 2.45) is 0 Å². The number of carbonyl (C=O) groups is 1. The van der Waals surface area contributed by atoms with Crippen LogP contribution in [0, 0.1) is 0 Å². The van der Waals surface area contributed by atoms with Crippen molar-refractivity contribution in [2.75, 3.05) is 14.2 Å². The predicted molar refractivity (Wildman–Crippen MR) is 100 cm³/mol. The highest BCUT2D eigenvalue weighted by molar-refractivity contribution is 6.36. The van der Waals surface area contributed by atoms with Gasteiger partial charge in [0, 0.05) is 11.1 Å². The maximum Gasteiger partial charge on any atom is 0.253 e. The van der Waals surface area contributed by atoms with Gasteiger partial charge in [0.1, 0.15) is 11.5 Å². The van der Waals surface area contributed by atoms with Gasteiger partial charge >= 0.3 is 0 Å². The standard InChI is InChI=1S/C18H15Cl2N3O4/c1-25-11-4-6-13(15(8-11)26-2)17-22-16(27-23-17)9-21-18(24)12-5-3-10(19)7-14(12)20/h3-8H,9H2,1-2H3,(H,21,24). The van der Waals surface area contributed by atoms with Gasteiger partial charge in [-0.05, 0) is 30.3 Å². The number of amides is 1. The molecule has 0 unspecified atom stereocenters. The molecule has 27 heavy (non-hydrogen) atoms. The molecule has 1 amide bonds. The maximum atomic E-state index is 12.2. The molecule has 0 saturated heterocycles. The third-order valence-corrected chi connectivity index (χ3v) is 4.24. The number of hydrogen-bond donors (Lipinski definition) is 1. The number of benzene rings is 2. The lowest BCUT2D eigenvalue weighted by atomic mass is 10.2. The molecule has 0 radical (unpaired) electrons. The molecule has 0 saturated carbocycles. The van der Waals surface area contributed by atoms with Crippen LogP contribution in [0.4, 0.5) is 0 Å². The van der Waals surface area contributed by atoms with E-state index < -0.39 is 0 Å². The summed E-state index contributed by atoms with van der Waals surface area (Å²) in [5, 5.41) is 7.31. The quantitative estimate of drug-likeness (QED) is 0.664. The van der Waals surface area contributed by atoms with Crippen LogP contribution in [0.25, 0.3) is 11.4 Å². The third-order valence-electron chi connectivity index (χ3n) is 3.69. The SMILES string of the molecule is COc1ccc(-c2noc(CNC(=O)c3ccc(Cl)cc3Cl)n2)c(OC)c1. The van der Waals surface area contributed by atoms with Crippen LogP contribution in [-0.4, -0.2) is 30.3 Å². The highest BCUT2D eigenvalue weighted by atomic mass is 35.5. The lowest BCUT2D eigenvalue weighted by molar-refractivity contribution is 0.0946. The second kappa shape index (κ2) is 8.28. The van der Waals surface area contributed by atoms with Crippen LogP contribution >= 0.6 is 23.2 Å². The number of nitrogens with zero attached hydrogens (tertiary/aromatic N) is 2. The zero-order chi connectivity index (χ0) is 19.4. The Morgan fingerprint density at radius 2 is 1.96 bits per heavy atom. The van der Waals surface area contributed by atoms with E-state index in [0.717, 1.165) is 0 Å². The molecule has 9 heteroatoms. The van der Waals surface area contributed by atoms with Gasteiger partial charge in [-0.15, -0.1) is 0 Å². The lowest BCUT2D eigenvalue weighted by Crippen LogP contribution is -2.23. The zero-order valence-corrected chi connectivity index (χ0v) is 16.0. The molecule has 1 aromatic heterocycles. The Labute approximate surface area is 165 Å². The van der Waals surface area contributed by atoms with E-state index in [1.165, 1.54) is 13.2 Å². The molecule has 0 aliphatic carbocycles. The predicted octanol–water partition coefficient (Wildman–Crippen LogP) is 3.99. The van der Waals surface area contributed by atoms with Crippen LogP contribution in [0.2, 0.25) is 10.0 Å². The van der Waals surface area contributed by atoms with E-state index in [0.29, 0.717) is 33.5 Å². The molecule has 0 aliphatic rings. The summed E-state index contributed by atoms with van der Waals surface area (Å²) in [5.41, 5.74) is 0.943. The van der Waals surface area contributed by atoms with Gasteiger partial charge in [-0.2, -0.15) is 4.98 Å². The molecule has 1 N–H and O–H groups in total. The van der Waals surface area contributed by atoms with Crippen molar-refractivity contribution in [2.45, 2.75) is 6.54 Å². The molecule has 7 nitrogen and oxygen atoms in total. The number of ether oxygens (including phenoxy) is 2. The molecular formula is C18H15Cl2N3O4. The molecule has 2 aromatic carbocycles. The molecule has 3 rings (SSSR count). The van der Waals surface area contributed by atoms with Crippen molar-refractivity contribution < 1.29 is 18.8 Å². The van der Waals surface area contributed by atoms with Crippen molar-refractivity contribution in [3.05, 3.63) is 57.9 Å². The lowest BCUT2D eigenvalue weighted by Gasteiger charge is -2.07. The van der Waals surface area contributed by atoms with E-state index in [9.17, 15) is 4.79 Å². The first-order valence-corrected chi connectivity index (χ1v) is 8.55. The van der Waals surface area contributed by atoms with Crippen LogP contribution in [0.15, 0.2) is 40.9 Å². The molecular weight excluding hydrogens is 393 g/mol. The average molecular weight is 408 g/mol. The number of carbonyl (C=O) groups excluding carboxylic acids is 1. The number of hydrogen-bond acceptors (Lipinski definition) is 6. The monoisotopic (exact) mass is 407 g/mol. The molecule has 0 atom stereocenters. The molecule has 0 bridgehead atoms. The number of halogens is 2. The molecule has 1 heterocycles. The second-order valence-corrected chi connectivity index (χ2v) is 6.23. The summed E-state index contributed by atoms with van der Waals surface area (Å²) >= 11 is 11.9. The normalized spacial score (nSPS) is 10.5. The summed E-state index contributed by atoms with van der Waals surface area (Å²) in [6, 6.07) is 9.87. The summed E-state index contributed by atoms with van der Waals surface area (Å²) in [4.78, 5) is 16.5. The van der Waals surface area contributed by atoms with E-state index in [1.807, 2.05) is 0 Å². The second-order valence-electron chi connectivity index (χ2n) is 5.38. The Bertz CT molecular complexity index is 975. The average Bonchev–Trinajstić information content (AvgIpc) is 3.14. The van der Waals surface area contributed by atoms with Gasteiger partial charge in [-0.25, -0.2) is 0 Å². The first kappa shape index (κ1) is 19.0. The molecule has 3 aromatic rings. The fourth-order valence-corrected chi connectivity index (χ4v) is 2.84. The Morgan fingerprint density at radius 1 is 1.15 bits per heavy atom. The first-order valence-electron chi connectivity index (χ1n) is 7.80. The van der Waals surface area contributed by atoms with E-state index in [4.69, 9.17) is 37.2 Å². The Balaban J connectivity index is 1.72. The van der Waals surface area contributed by atoms with Gasteiger partial charge < -0.3 is 19.3 Å². The number of methoxy groups -OCH3 is 2. The highest BCUT2D eigenvalue weighted by Gasteiger charge is 2.16. The van der Waals surface area contributed by atoms with E-state index in [-0.39, 0.29) is 23.4 Å². The summed E-state index contributed by atoms with van der Waals surface area (Å²) in [5.74, 6) is 1.38. The van der Waals surface area contributed by atoms with Crippen LogP contribution < -0.4 is 14.8 Å². The topological polar surface area (TPSA) is 86.5 Å². The Hall–Kier alpha value is -2.77. The molecule has 0 spiro atoms. The van der Waals surface area contributed by atoms with Crippen molar-refractivity contribution in [1.82, 2.24) is 15.5 Å². The van der Waals surface area contributed by atoms with Gasteiger partial charge in [0.2, 0.25) is 11.7 Å². The smallest absolute Gasteiger partial charge is 0.253 e. The molecule has 0 fully saturated rings. The fraction of sp³-hybridized carbons (Fsp3) is 0.167. The van der Waals surface area contributed by atoms with Crippen LogP contribution in [0.5, 0.6) is 11.5 Å². The summed E-state index contributed by atoms with van der Waals surface area (Å²) in [6.07, 6.45) is 0. The van der Waals surface area contributed by atoms with E-state index in [2.05, 4.69) is 15.5 Å². The number of aromatic nitrogens is 2. The maximum absolute atomic E-state index is 12.2. The number of rotatable bonds is 6. The first-order chi connectivity index (χ1) is 13.0. The van der Waals surface area contributed by atoms with Crippen molar-refractivity contribution in [3.8, 4) is 22.9 Å². The van der Waals surface area contributed by atoms with Gasteiger partial charge in [0.05, 0.1) is 36.9 Å². The Kier molecular flexibility index (Phi) is 5.83. The van der Waals surface area contributed by atoms with Crippen LogP contribution in [0.1, 0.15) is 16.2 Å². The largest absolute Gasteiger partial charge is 0.497 e. The third kappa shape index (κ3) is 4.32. The minimum absolute atomic E-state index is 0.0449. The van der Waals surface area contributed by atoms with Crippen LogP contribution in [-0.2, 0) is 6.54 Å². The summed E-state index contributed by atoms with van der Waals surface area (Å²) < 4.78 is 15.7. The highest BCUT2D eigenvalue weighted by Crippen LogP contribution is 2.31.